The van der Waals surface area contributed by atoms with Gasteiger partial charge in [0.2, 0.25) is 11.2 Å². The molecule has 0 saturated carbocycles. The summed E-state index contributed by atoms with van der Waals surface area (Å²) in [7, 11) is 1.33. The highest BCUT2D eigenvalue weighted by atomic mass is 16.5. The maximum absolute atomic E-state index is 11.3. The van der Waals surface area contributed by atoms with Gasteiger partial charge >= 0.3 is 0 Å². The number of ether oxygens (including phenoxy) is 1. The number of hydrogen-bond acceptors (Lipinski definition) is 5. The number of carbonyl (C=O) groups is 1. The van der Waals surface area contributed by atoms with Gasteiger partial charge in [-0.25, -0.2) is 0 Å². The molecule has 1 amide bonds. The molecule has 0 bridgehead atoms. The Morgan fingerprint density at radius 1 is 1.69 bits per heavy atom. The van der Waals surface area contributed by atoms with Gasteiger partial charge in [-0.3, -0.25) is 9.59 Å². The lowest BCUT2D eigenvalue weighted by Gasteiger charge is -1.98. The van der Waals surface area contributed by atoms with Crippen LogP contribution in [0.25, 0.3) is 6.08 Å². The van der Waals surface area contributed by atoms with Crippen LogP contribution in [0.2, 0.25) is 0 Å². The summed E-state index contributed by atoms with van der Waals surface area (Å²) < 4.78 is 9.65. The van der Waals surface area contributed by atoms with Crippen molar-refractivity contribution in [3.8, 4) is 11.8 Å². The molecule has 1 aromatic rings. The van der Waals surface area contributed by atoms with Crippen LogP contribution in [0.4, 0.5) is 0 Å². The molecule has 0 radical (unpaired) electrons. The van der Waals surface area contributed by atoms with Crippen molar-refractivity contribution in [3.63, 3.8) is 0 Å². The Balaban J connectivity index is 3.18. The summed E-state index contributed by atoms with van der Waals surface area (Å²) in [5, 5.41) is 8.56. The second kappa shape index (κ2) is 4.79. The molecule has 0 aliphatic heterocycles. The highest BCUT2D eigenvalue weighted by molar-refractivity contribution is 6.00. The normalized spacial score (nSPS) is 10.6. The van der Waals surface area contributed by atoms with Crippen LogP contribution >= 0.6 is 0 Å². The topological polar surface area (TPSA) is 106 Å². The van der Waals surface area contributed by atoms with Gasteiger partial charge in [0.15, 0.2) is 0 Å². The largest absolute Gasteiger partial charge is 0.490 e. The minimum Gasteiger partial charge on any atom is -0.490 e. The Labute approximate surface area is 90.5 Å². The van der Waals surface area contributed by atoms with Crippen LogP contribution in [0.15, 0.2) is 27.1 Å². The zero-order valence-electron chi connectivity index (χ0n) is 8.39. The van der Waals surface area contributed by atoms with Crippen molar-refractivity contribution in [2.24, 2.45) is 5.73 Å². The van der Waals surface area contributed by atoms with Crippen LogP contribution in [0.5, 0.6) is 5.75 Å². The average Bonchev–Trinajstić information content (AvgIpc) is 2.25. The van der Waals surface area contributed by atoms with Gasteiger partial charge in [0.1, 0.15) is 23.7 Å². The summed E-state index contributed by atoms with van der Waals surface area (Å²) in [6.07, 6.45) is 2.17. The summed E-state index contributed by atoms with van der Waals surface area (Å²) >= 11 is 0. The summed E-state index contributed by atoms with van der Waals surface area (Å²) in [6.45, 7) is 0. The fourth-order valence-electron chi connectivity index (χ4n) is 0.939. The van der Waals surface area contributed by atoms with Gasteiger partial charge in [-0.05, 0) is 0 Å². The third kappa shape index (κ3) is 2.48. The highest BCUT2D eigenvalue weighted by Crippen LogP contribution is 2.08. The first-order valence-electron chi connectivity index (χ1n) is 4.17. The molecule has 16 heavy (non-hydrogen) atoms. The van der Waals surface area contributed by atoms with Gasteiger partial charge < -0.3 is 14.9 Å². The minimum absolute atomic E-state index is 0.0368. The van der Waals surface area contributed by atoms with Gasteiger partial charge in [0.05, 0.1) is 7.11 Å². The Morgan fingerprint density at radius 3 is 2.81 bits per heavy atom. The number of methoxy groups -OCH3 is 1. The maximum atomic E-state index is 11.3. The second-order valence-electron chi connectivity index (χ2n) is 2.75. The third-order valence-electron chi connectivity index (χ3n) is 1.71. The Hall–Kier alpha value is -2.55. The lowest BCUT2D eigenvalue weighted by Crippen LogP contribution is -2.12. The van der Waals surface area contributed by atoms with Crippen LogP contribution in [0, 0.1) is 11.3 Å². The number of amides is 1. The van der Waals surface area contributed by atoms with E-state index in [0.29, 0.717) is 0 Å². The molecule has 0 unspecified atom stereocenters. The van der Waals surface area contributed by atoms with Crippen LogP contribution in [-0.2, 0) is 4.79 Å². The van der Waals surface area contributed by atoms with E-state index in [1.807, 2.05) is 0 Å². The molecule has 82 valence electrons. The molecule has 0 aromatic carbocycles. The SMILES string of the molecule is COc1coc(/C=C(\C#N)C(N)=O)cc1=O. The van der Waals surface area contributed by atoms with Gasteiger partial charge in [-0.2, -0.15) is 5.26 Å². The Kier molecular flexibility index (Phi) is 3.45. The quantitative estimate of drug-likeness (QED) is 0.571. The van der Waals surface area contributed by atoms with Crippen molar-refractivity contribution in [1.29, 1.82) is 5.26 Å². The summed E-state index contributed by atoms with van der Waals surface area (Å²) in [4.78, 5) is 22.0. The fourth-order valence-corrected chi connectivity index (χ4v) is 0.939. The van der Waals surface area contributed by atoms with Crippen molar-refractivity contribution in [3.05, 3.63) is 33.9 Å². The van der Waals surface area contributed by atoms with E-state index >= 15 is 0 Å². The van der Waals surface area contributed by atoms with E-state index in [2.05, 4.69) is 0 Å². The molecule has 0 spiro atoms. The standard InChI is InChI=1S/C10H8N2O4/c1-15-9-5-16-7(3-8(9)13)2-6(4-11)10(12)14/h2-3,5H,1H3,(H2,12,14)/b6-2+. The first kappa shape index (κ1) is 11.5. The molecule has 6 nitrogen and oxygen atoms in total. The molecule has 1 aromatic heterocycles. The molecular weight excluding hydrogens is 212 g/mol. The first-order chi connectivity index (χ1) is 7.58. The number of rotatable bonds is 3. The molecule has 0 aliphatic carbocycles. The molecule has 0 saturated heterocycles. The smallest absolute Gasteiger partial charge is 0.259 e. The fraction of sp³-hybridized carbons (Fsp3) is 0.100. The maximum Gasteiger partial charge on any atom is 0.259 e. The Morgan fingerprint density at radius 2 is 2.38 bits per heavy atom. The number of nitriles is 1. The van der Waals surface area contributed by atoms with Crippen molar-refractivity contribution in [1.82, 2.24) is 0 Å². The van der Waals surface area contributed by atoms with E-state index in [1.165, 1.54) is 7.11 Å². The molecule has 1 heterocycles. The second-order valence-corrected chi connectivity index (χ2v) is 2.75. The van der Waals surface area contributed by atoms with Crippen LogP contribution in [0.3, 0.4) is 0 Å². The number of hydrogen-bond donors (Lipinski definition) is 1. The molecule has 1 rings (SSSR count). The van der Waals surface area contributed by atoms with Gasteiger partial charge in [0.25, 0.3) is 5.91 Å². The summed E-state index contributed by atoms with van der Waals surface area (Å²) in [5.41, 5.74) is 4.20. The molecular formula is C10H8N2O4. The molecule has 2 N–H and O–H groups in total. The van der Waals surface area contributed by atoms with E-state index in [4.69, 9.17) is 20.1 Å². The first-order valence-corrected chi connectivity index (χ1v) is 4.17. The molecule has 0 fully saturated rings. The van der Waals surface area contributed by atoms with Crippen molar-refractivity contribution < 1.29 is 13.9 Å². The van der Waals surface area contributed by atoms with Gasteiger partial charge in [0, 0.05) is 12.1 Å². The predicted molar refractivity (Wildman–Crippen MR) is 54.3 cm³/mol. The van der Waals surface area contributed by atoms with E-state index in [0.717, 1.165) is 18.4 Å². The van der Waals surface area contributed by atoms with Crippen LogP contribution in [-0.4, -0.2) is 13.0 Å². The lowest BCUT2D eigenvalue weighted by atomic mass is 10.2. The predicted octanol–water partition coefficient (Wildman–Crippen LogP) is 0.0407. The number of nitrogens with two attached hydrogens (primary N) is 1. The van der Waals surface area contributed by atoms with Crippen molar-refractivity contribution in [2.75, 3.05) is 7.11 Å². The summed E-state index contributed by atoms with van der Waals surface area (Å²) in [6, 6.07) is 2.69. The zero-order valence-corrected chi connectivity index (χ0v) is 8.39. The molecule has 0 aliphatic rings. The van der Waals surface area contributed by atoms with E-state index in [9.17, 15) is 9.59 Å². The highest BCUT2D eigenvalue weighted by Gasteiger charge is 2.06. The van der Waals surface area contributed by atoms with Crippen molar-refractivity contribution >= 4 is 12.0 Å². The summed E-state index contributed by atoms with van der Waals surface area (Å²) in [5.74, 6) is -0.795. The van der Waals surface area contributed by atoms with E-state index in [1.54, 1.807) is 6.07 Å². The molecule has 6 heteroatoms. The minimum atomic E-state index is -0.888. The van der Waals surface area contributed by atoms with E-state index < -0.39 is 11.3 Å². The van der Waals surface area contributed by atoms with Crippen LogP contribution < -0.4 is 15.9 Å². The number of nitrogens with zero attached hydrogens (tertiary/aromatic N) is 1. The average molecular weight is 220 g/mol. The third-order valence-corrected chi connectivity index (χ3v) is 1.71. The van der Waals surface area contributed by atoms with E-state index in [-0.39, 0.29) is 17.1 Å². The lowest BCUT2D eigenvalue weighted by molar-refractivity contribution is -0.114. The zero-order chi connectivity index (χ0) is 12.1. The number of carbonyl (C=O) groups excluding carboxylic acids is 1. The van der Waals surface area contributed by atoms with Crippen LogP contribution in [0.1, 0.15) is 5.76 Å². The van der Waals surface area contributed by atoms with Gasteiger partial charge in [-0.15, -0.1) is 0 Å². The number of primary amides is 1. The van der Waals surface area contributed by atoms with Gasteiger partial charge in [-0.1, -0.05) is 0 Å². The monoisotopic (exact) mass is 220 g/mol. The Bertz CT molecular complexity index is 536. The van der Waals surface area contributed by atoms with Crippen molar-refractivity contribution in [2.45, 2.75) is 0 Å². The molecule has 0 atom stereocenters.